The molecule has 1 atom stereocenters. The molecule has 7 nitrogen and oxygen atoms in total. The SMILES string of the molecule is Cc1cccc(N2CCN(C(=O)Cc3ccc(NC(=O)OC(C)(C)C)cc3)C(CCO)C2)c1. The van der Waals surface area contributed by atoms with E-state index in [9.17, 15) is 14.7 Å². The van der Waals surface area contributed by atoms with Crippen molar-refractivity contribution in [2.75, 3.05) is 36.5 Å². The summed E-state index contributed by atoms with van der Waals surface area (Å²) in [6, 6.07) is 15.6. The van der Waals surface area contributed by atoms with E-state index in [1.807, 2.05) is 43.9 Å². The van der Waals surface area contributed by atoms with Gasteiger partial charge in [-0.2, -0.15) is 0 Å². The Morgan fingerprint density at radius 1 is 1.12 bits per heavy atom. The van der Waals surface area contributed by atoms with E-state index in [4.69, 9.17) is 4.74 Å². The molecule has 2 amide bonds. The lowest BCUT2D eigenvalue weighted by Gasteiger charge is -2.42. The van der Waals surface area contributed by atoms with Crippen LogP contribution >= 0.6 is 0 Å². The van der Waals surface area contributed by atoms with Crippen LogP contribution < -0.4 is 10.2 Å². The van der Waals surface area contributed by atoms with Crippen LogP contribution in [0.3, 0.4) is 0 Å². The molecule has 1 fully saturated rings. The van der Waals surface area contributed by atoms with Crippen molar-refractivity contribution in [1.29, 1.82) is 0 Å². The highest BCUT2D eigenvalue weighted by atomic mass is 16.6. The quantitative estimate of drug-likeness (QED) is 0.691. The molecule has 0 aliphatic carbocycles. The number of hydrogen-bond acceptors (Lipinski definition) is 5. The van der Waals surface area contributed by atoms with Crippen LogP contribution in [0.5, 0.6) is 0 Å². The van der Waals surface area contributed by atoms with Crippen molar-refractivity contribution in [2.45, 2.75) is 52.2 Å². The molecule has 2 aromatic rings. The minimum Gasteiger partial charge on any atom is -0.444 e. The summed E-state index contributed by atoms with van der Waals surface area (Å²) in [5.74, 6) is 0.0465. The molecule has 0 radical (unpaired) electrons. The molecular weight excluding hydrogens is 418 g/mol. The molecule has 0 spiro atoms. The van der Waals surface area contributed by atoms with Crippen molar-refractivity contribution in [2.24, 2.45) is 0 Å². The standard InChI is InChI=1S/C26H35N3O4/c1-19-6-5-7-22(16-19)28-13-14-29(23(18-28)12-15-30)24(31)17-20-8-10-21(11-9-20)27-25(32)33-26(2,3)4/h5-11,16,23,30H,12-15,17-18H2,1-4H3,(H,27,32). The Bertz CT molecular complexity index is 953. The number of aliphatic hydroxyl groups is 1. The summed E-state index contributed by atoms with van der Waals surface area (Å²) in [6.45, 7) is 9.63. The van der Waals surface area contributed by atoms with Gasteiger partial charge < -0.3 is 19.6 Å². The Hall–Kier alpha value is -3.06. The number of aliphatic hydroxyl groups excluding tert-OH is 1. The van der Waals surface area contributed by atoms with Crippen molar-refractivity contribution in [1.82, 2.24) is 4.90 Å². The maximum atomic E-state index is 13.1. The molecule has 33 heavy (non-hydrogen) atoms. The molecule has 7 heteroatoms. The topological polar surface area (TPSA) is 82.1 Å². The summed E-state index contributed by atoms with van der Waals surface area (Å²) in [4.78, 5) is 29.2. The van der Waals surface area contributed by atoms with Crippen LogP contribution in [0.4, 0.5) is 16.2 Å². The number of hydrogen-bond donors (Lipinski definition) is 2. The first kappa shape index (κ1) is 24.6. The molecule has 1 aliphatic rings. The van der Waals surface area contributed by atoms with Crippen molar-refractivity contribution < 1.29 is 19.4 Å². The summed E-state index contributed by atoms with van der Waals surface area (Å²) in [6.07, 6.45) is 0.316. The number of ether oxygens (including phenoxy) is 1. The molecule has 2 N–H and O–H groups in total. The number of aryl methyl sites for hydroxylation is 1. The zero-order chi connectivity index (χ0) is 24.0. The largest absolute Gasteiger partial charge is 0.444 e. The Morgan fingerprint density at radius 3 is 2.48 bits per heavy atom. The number of amides is 2. The summed E-state index contributed by atoms with van der Waals surface area (Å²) in [5.41, 5.74) is 3.28. The highest BCUT2D eigenvalue weighted by Gasteiger charge is 2.30. The molecule has 2 aromatic carbocycles. The van der Waals surface area contributed by atoms with Crippen molar-refractivity contribution in [3.63, 3.8) is 0 Å². The first-order valence-electron chi connectivity index (χ1n) is 11.5. The molecule has 0 aromatic heterocycles. The fourth-order valence-corrected chi connectivity index (χ4v) is 4.04. The predicted octanol–water partition coefficient (Wildman–Crippen LogP) is 3.98. The van der Waals surface area contributed by atoms with E-state index in [1.54, 1.807) is 12.1 Å². The first-order chi connectivity index (χ1) is 15.6. The third-order valence-electron chi connectivity index (χ3n) is 5.59. The number of carbonyl (C=O) groups excluding carboxylic acids is 2. The maximum absolute atomic E-state index is 13.1. The van der Waals surface area contributed by atoms with Crippen LogP contribution in [0.1, 0.15) is 38.3 Å². The normalized spacial score (nSPS) is 16.5. The van der Waals surface area contributed by atoms with Gasteiger partial charge in [-0.05, 0) is 69.5 Å². The lowest BCUT2D eigenvalue weighted by Crippen LogP contribution is -2.56. The third-order valence-corrected chi connectivity index (χ3v) is 5.59. The van der Waals surface area contributed by atoms with Crippen LogP contribution in [0.2, 0.25) is 0 Å². The van der Waals surface area contributed by atoms with Gasteiger partial charge in [0.05, 0.1) is 12.5 Å². The van der Waals surface area contributed by atoms with Crippen molar-refractivity contribution in [3.05, 3.63) is 59.7 Å². The number of nitrogens with zero attached hydrogens (tertiary/aromatic N) is 2. The summed E-state index contributed by atoms with van der Waals surface area (Å²) in [5, 5.41) is 12.3. The monoisotopic (exact) mass is 453 g/mol. The molecule has 1 heterocycles. The van der Waals surface area contributed by atoms with E-state index in [2.05, 4.69) is 35.3 Å². The van der Waals surface area contributed by atoms with Crippen LogP contribution in [0, 0.1) is 6.92 Å². The van der Waals surface area contributed by atoms with Gasteiger partial charge in [0.15, 0.2) is 0 Å². The number of piperazine rings is 1. The lowest BCUT2D eigenvalue weighted by molar-refractivity contribution is -0.133. The van der Waals surface area contributed by atoms with E-state index >= 15 is 0 Å². The fourth-order valence-electron chi connectivity index (χ4n) is 4.04. The Kier molecular flexibility index (Phi) is 7.97. The third kappa shape index (κ3) is 7.22. The minimum atomic E-state index is -0.565. The molecule has 178 valence electrons. The molecule has 1 aliphatic heterocycles. The van der Waals surface area contributed by atoms with Gasteiger partial charge in [0.1, 0.15) is 5.60 Å². The molecule has 3 rings (SSSR count). The van der Waals surface area contributed by atoms with Gasteiger partial charge in [-0.3, -0.25) is 10.1 Å². The van der Waals surface area contributed by atoms with Crippen LogP contribution in [-0.4, -0.2) is 59.9 Å². The van der Waals surface area contributed by atoms with E-state index < -0.39 is 11.7 Å². The van der Waals surface area contributed by atoms with E-state index in [-0.39, 0.29) is 25.0 Å². The average Bonchev–Trinajstić information content (AvgIpc) is 2.74. The number of benzene rings is 2. The summed E-state index contributed by atoms with van der Waals surface area (Å²) >= 11 is 0. The number of anilines is 2. The second-order valence-corrected chi connectivity index (χ2v) is 9.54. The zero-order valence-corrected chi connectivity index (χ0v) is 20.0. The van der Waals surface area contributed by atoms with Crippen LogP contribution in [-0.2, 0) is 16.0 Å². The lowest BCUT2D eigenvalue weighted by atomic mass is 10.0. The van der Waals surface area contributed by atoms with Gasteiger partial charge in [-0.15, -0.1) is 0 Å². The number of rotatable bonds is 6. The summed E-state index contributed by atoms with van der Waals surface area (Å²) < 4.78 is 5.26. The fraction of sp³-hybridized carbons (Fsp3) is 0.462. The maximum Gasteiger partial charge on any atom is 0.412 e. The van der Waals surface area contributed by atoms with Gasteiger partial charge in [-0.1, -0.05) is 24.3 Å². The van der Waals surface area contributed by atoms with Crippen LogP contribution in [0.25, 0.3) is 0 Å². The van der Waals surface area contributed by atoms with E-state index in [1.165, 1.54) is 5.56 Å². The van der Waals surface area contributed by atoms with E-state index in [0.717, 1.165) is 17.8 Å². The van der Waals surface area contributed by atoms with Gasteiger partial charge in [0.25, 0.3) is 0 Å². The van der Waals surface area contributed by atoms with Gasteiger partial charge in [-0.25, -0.2) is 4.79 Å². The molecule has 1 saturated heterocycles. The van der Waals surface area contributed by atoms with Crippen molar-refractivity contribution in [3.8, 4) is 0 Å². The summed E-state index contributed by atoms with van der Waals surface area (Å²) in [7, 11) is 0. The Balaban J connectivity index is 1.60. The second kappa shape index (κ2) is 10.7. The van der Waals surface area contributed by atoms with Gasteiger partial charge >= 0.3 is 6.09 Å². The van der Waals surface area contributed by atoms with Gasteiger partial charge in [0, 0.05) is 37.6 Å². The zero-order valence-electron chi connectivity index (χ0n) is 20.0. The molecule has 1 unspecified atom stereocenters. The first-order valence-corrected chi connectivity index (χ1v) is 11.5. The Labute approximate surface area is 196 Å². The number of nitrogens with one attached hydrogen (secondary N) is 1. The highest BCUT2D eigenvalue weighted by Crippen LogP contribution is 2.23. The Morgan fingerprint density at radius 2 is 1.85 bits per heavy atom. The number of carbonyl (C=O) groups is 2. The smallest absolute Gasteiger partial charge is 0.412 e. The van der Waals surface area contributed by atoms with Crippen LogP contribution in [0.15, 0.2) is 48.5 Å². The van der Waals surface area contributed by atoms with Crippen molar-refractivity contribution >= 4 is 23.4 Å². The van der Waals surface area contributed by atoms with E-state index in [0.29, 0.717) is 25.2 Å². The minimum absolute atomic E-state index is 0.0372. The van der Waals surface area contributed by atoms with Gasteiger partial charge in [0.2, 0.25) is 5.91 Å². The molecule has 0 saturated carbocycles. The average molecular weight is 454 g/mol. The second-order valence-electron chi connectivity index (χ2n) is 9.54. The highest BCUT2D eigenvalue weighted by molar-refractivity contribution is 5.85. The molecule has 0 bridgehead atoms. The predicted molar refractivity (Wildman–Crippen MR) is 131 cm³/mol. The molecular formula is C26H35N3O4.